The molecule has 4 aromatic rings. The first-order valence-corrected chi connectivity index (χ1v) is 14.6. The van der Waals surface area contributed by atoms with Crippen LogP contribution in [0.1, 0.15) is 52.2 Å². The number of carboxylic acids is 1. The smallest absolute Gasteiger partial charge is 0.335 e. The highest BCUT2D eigenvalue weighted by Crippen LogP contribution is 2.58. The van der Waals surface area contributed by atoms with Crippen LogP contribution in [0.15, 0.2) is 48.5 Å². The van der Waals surface area contributed by atoms with Crippen molar-refractivity contribution < 1.29 is 23.8 Å². The molecule has 1 spiro atoms. The molecule has 42 heavy (non-hydrogen) atoms. The normalized spacial score (nSPS) is 23.5. The van der Waals surface area contributed by atoms with Gasteiger partial charge < -0.3 is 15.2 Å². The maximum atomic E-state index is 15.7. The number of ether oxygens (including phenoxy) is 1. The van der Waals surface area contributed by atoms with E-state index in [9.17, 15) is 14.7 Å². The molecule has 0 bridgehead atoms. The second-order valence-electron chi connectivity index (χ2n) is 11.4. The van der Waals surface area contributed by atoms with Gasteiger partial charge in [0.05, 0.1) is 21.5 Å². The third-order valence-corrected chi connectivity index (χ3v) is 9.53. The molecule has 3 aliphatic rings. The lowest BCUT2D eigenvalue weighted by Gasteiger charge is -2.40. The molecule has 3 atom stereocenters. The number of carboxylic acid groups (broad SMARTS) is 1. The van der Waals surface area contributed by atoms with Crippen LogP contribution in [0, 0.1) is 18.7 Å². The van der Waals surface area contributed by atoms with Gasteiger partial charge in [0.1, 0.15) is 18.0 Å². The number of carbonyl (C=O) groups is 2. The molecule has 1 amide bonds. The lowest BCUT2D eigenvalue weighted by Crippen LogP contribution is -2.53. The average molecular weight is 609 g/mol. The number of nitrogens with one attached hydrogen (secondary N) is 2. The summed E-state index contributed by atoms with van der Waals surface area (Å²) in [5.41, 5.74) is 1.82. The topological polar surface area (TPSA) is 108 Å². The fraction of sp³-hybridized carbons (Fsp3) is 0.323. The van der Waals surface area contributed by atoms with E-state index in [1.807, 2.05) is 6.07 Å². The van der Waals surface area contributed by atoms with E-state index in [2.05, 4.69) is 20.4 Å². The highest BCUT2D eigenvalue weighted by atomic mass is 35.5. The van der Waals surface area contributed by atoms with E-state index in [1.54, 1.807) is 37.3 Å². The number of likely N-dealkylation sites (tertiary alicyclic amines) is 1. The molecule has 0 radical (unpaired) electrons. The Labute approximate surface area is 250 Å². The third kappa shape index (κ3) is 4.09. The Hall–Kier alpha value is -3.66. The number of anilines is 1. The van der Waals surface area contributed by atoms with E-state index in [0.29, 0.717) is 57.5 Å². The van der Waals surface area contributed by atoms with E-state index >= 15 is 4.39 Å². The molecule has 11 heteroatoms. The SMILES string of the molecule is Cc1c(C(=O)O)ccc2n[nH]c(OC[C@H]3C[C@H](c4cccc(Cl)c4F)[C@]4(C(=O)Nc5cc(Cl)ccc54)N3CC3CC3)c12. The number of fused-ring (bicyclic) bond motifs is 3. The summed E-state index contributed by atoms with van der Waals surface area (Å²) in [4.78, 5) is 28.1. The first-order chi connectivity index (χ1) is 20.2. The highest BCUT2D eigenvalue weighted by molar-refractivity contribution is 6.31. The number of rotatable bonds is 7. The van der Waals surface area contributed by atoms with E-state index in [0.717, 1.165) is 18.4 Å². The summed E-state index contributed by atoms with van der Waals surface area (Å²) in [6.45, 7) is 2.52. The van der Waals surface area contributed by atoms with Gasteiger partial charge in [0.15, 0.2) is 0 Å². The number of carbonyl (C=O) groups excluding carboxylic acids is 1. The number of halogens is 3. The van der Waals surface area contributed by atoms with Crippen molar-refractivity contribution in [3.8, 4) is 5.88 Å². The maximum absolute atomic E-state index is 15.7. The monoisotopic (exact) mass is 608 g/mol. The van der Waals surface area contributed by atoms with Crippen molar-refractivity contribution >= 4 is 51.7 Å². The van der Waals surface area contributed by atoms with Crippen LogP contribution in [0.5, 0.6) is 5.88 Å². The van der Waals surface area contributed by atoms with Gasteiger partial charge in [-0.2, -0.15) is 5.10 Å². The Morgan fingerprint density at radius 2 is 2.02 bits per heavy atom. The molecule has 8 nitrogen and oxygen atoms in total. The Balaban J connectivity index is 1.33. The molecule has 216 valence electrons. The zero-order chi connectivity index (χ0) is 29.3. The van der Waals surface area contributed by atoms with Gasteiger partial charge in [-0.15, -0.1) is 0 Å². The predicted octanol–water partition coefficient (Wildman–Crippen LogP) is 6.51. The molecule has 1 aromatic heterocycles. The molecule has 2 fully saturated rings. The van der Waals surface area contributed by atoms with Crippen molar-refractivity contribution in [2.24, 2.45) is 5.92 Å². The van der Waals surface area contributed by atoms with Gasteiger partial charge in [0.2, 0.25) is 11.8 Å². The van der Waals surface area contributed by atoms with Gasteiger partial charge >= 0.3 is 5.97 Å². The summed E-state index contributed by atoms with van der Waals surface area (Å²) in [5.74, 6) is -1.61. The Kier molecular flexibility index (Phi) is 6.45. The number of aromatic carboxylic acids is 1. The quantitative estimate of drug-likeness (QED) is 0.221. The molecule has 3 heterocycles. The van der Waals surface area contributed by atoms with Crippen molar-refractivity contribution in [1.29, 1.82) is 0 Å². The van der Waals surface area contributed by atoms with Gasteiger partial charge in [-0.3, -0.25) is 9.69 Å². The molecule has 1 aliphatic carbocycles. The van der Waals surface area contributed by atoms with Gasteiger partial charge in [0, 0.05) is 34.8 Å². The van der Waals surface area contributed by atoms with Crippen molar-refractivity contribution in [2.75, 3.05) is 18.5 Å². The number of benzene rings is 3. The van der Waals surface area contributed by atoms with Gasteiger partial charge in [-0.05, 0) is 73.6 Å². The predicted molar refractivity (Wildman–Crippen MR) is 157 cm³/mol. The third-order valence-electron chi connectivity index (χ3n) is 9.00. The summed E-state index contributed by atoms with van der Waals surface area (Å²) >= 11 is 12.6. The fourth-order valence-corrected chi connectivity index (χ4v) is 7.27. The van der Waals surface area contributed by atoms with Crippen LogP contribution < -0.4 is 10.1 Å². The Morgan fingerprint density at radius 1 is 1.21 bits per heavy atom. The molecular formula is C31H27Cl2FN4O4. The number of H-pyrrole nitrogens is 1. The summed E-state index contributed by atoms with van der Waals surface area (Å²) in [7, 11) is 0. The highest BCUT2D eigenvalue weighted by Gasteiger charge is 2.64. The first-order valence-electron chi connectivity index (χ1n) is 13.9. The maximum Gasteiger partial charge on any atom is 0.335 e. The second kappa shape index (κ2) is 9.97. The summed E-state index contributed by atoms with van der Waals surface area (Å²) in [6.07, 6.45) is 2.52. The second-order valence-corrected chi connectivity index (χ2v) is 12.2. The first kappa shape index (κ1) is 27.2. The summed E-state index contributed by atoms with van der Waals surface area (Å²) < 4.78 is 22.1. The molecule has 1 saturated heterocycles. The summed E-state index contributed by atoms with van der Waals surface area (Å²) in [5, 5.41) is 21.0. The minimum atomic E-state index is -1.20. The van der Waals surface area contributed by atoms with Crippen LogP contribution in [0.2, 0.25) is 10.0 Å². The van der Waals surface area contributed by atoms with E-state index in [4.69, 9.17) is 27.9 Å². The zero-order valence-electron chi connectivity index (χ0n) is 22.6. The molecular weight excluding hydrogens is 582 g/mol. The van der Waals surface area contributed by atoms with Crippen LogP contribution in [0.3, 0.4) is 0 Å². The Bertz CT molecular complexity index is 1770. The van der Waals surface area contributed by atoms with Crippen molar-refractivity contribution in [3.63, 3.8) is 0 Å². The van der Waals surface area contributed by atoms with Crippen LogP contribution in [0.25, 0.3) is 10.9 Å². The van der Waals surface area contributed by atoms with Crippen molar-refractivity contribution in [1.82, 2.24) is 15.1 Å². The molecule has 0 unspecified atom stereocenters. The fourth-order valence-electron chi connectivity index (χ4n) is 6.91. The van der Waals surface area contributed by atoms with Gasteiger partial charge in [-0.25, -0.2) is 14.3 Å². The van der Waals surface area contributed by atoms with Gasteiger partial charge in [0.25, 0.3) is 0 Å². The van der Waals surface area contributed by atoms with E-state index < -0.39 is 23.2 Å². The van der Waals surface area contributed by atoms with Crippen LogP contribution in [0.4, 0.5) is 10.1 Å². The number of amides is 1. The molecule has 3 N–H and O–H groups in total. The number of nitrogens with zero attached hydrogens (tertiary/aromatic N) is 2. The molecule has 2 aliphatic heterocycles. The van der Waals surface area contributed by atoms with Crippen LogP contribution >= 0.6 is 23.2 Å². The number of hydrogen-bond donors (Lipinski definition) is 3. The zero-order valence-corrected chi connectivity index (χ0v) is 24.1. The minimum Gasteiger partial charge on any atom is -0.478 e. The average Bonchev–Trinajstić information content (AvgIpc) is 3.49. The number of aromatic nitrogens is 2. The lowest BCUT2D eigenvalue weighted by atomic mass is 9.75. The lowest BCUT2D eigenvalue weighted by molar-refractivity contribution is -0.128. The van der Waals surface area contributed by atoms with Gasteiger partial charge in [-0.1, -0.05) is 41.4 Å². The van der Waals surface area contributed by atoms with Crippen molar-refractivity contribution in [2.45, 2.75) is 43.7 Å². The van der Waals surface area contributed by atoms with Crippen LogP contribution in [-0.4, -0.2) is 51.3 Å². The van der Waals surface area contributed by atoms with E-state index in [1.165, 1.54) is 12.1 Å². The van der Waals surface area contributed by atoms with Crippen LogP contribution in [-0.2, 0) is 10.3 Å². The van der Waals surface area contributed by atoms with Crippen molar-refractivity contribution in [3.05, 3.63) is 86.6 Å². The van der Waals surface area contributed by atoms with E-state index in [-0.39, 0.29) is 29.1 Å². The molecule has 7 rings (SSSR count). The number of aromatic amines is 1. The summed E-state index contributed by atoms with van der Waals surface area (Å²) in [6, 6.07) is 13.1. The molecule has 1 saturated carbocycles. The number of aryl methyl sites for hydroxylation is 1. The largest absolute Gasteiger partial charge is 0.478 e. The number of hydrogen-bond acceptors (Lipinski definition) is 5. The standard InChI is InChI=1S/C31H27Cl2FN4O4/c1-15-19(29(39)40)8-10-24-26(15)28(37-36-24)42-14-18-12-22(20-3-2-4-23(33)27(20)34)31(38(18)13-16-5-6-16)21-9-7-17(32)11-25(21)35-30(31)41/h2-4,7-11,16,18,22H,5-6,12-14H2,1H3,(H,35,41)(H,36,37)(H,39,40)/t18-,22-,31-/m1/s1. The minimum absolute atomic E-state index is 0.000493. The molecule has 3 aromatic carbocycles. The Morgan fingerprint density at radius 3 is 2.79 bits per heavy atom.